The van der Waals surface area contributed by atoms with Gasteiger partial charge in [-0.15, -0.1) is 0 Å². The lowest BCUT2D eigenvalue weighted by Gasteiger charge is -2.24. The number of nitrogens with zero attached hydrogens (tertiary/aromatic N) is 3. The second-order valence-electron chi connectivity index (χ2n) is 6.82. The number of rotatable bonds is 9. The molecule has 0 aliphatic carbocycles. The molecule has 2 N–H and O–H groups in total. The van der Waals surface area contributed by atoms with Gasteiger partial charge in [-0.2, -0.15) is 4.39 Å². The van der Waals surface area contributed by atoms with Crippen LogP contribution in [-0.2, 0) is 0 Å². The minimum absolute atomic E-state index is 0.0941. The van der Waals surface area contributed by atoms with Gasteiger partial charge < -0.3 is 20.1 Å². The van der Waals surface area contributed by atoms with E-state index in [1.165, 1.54) is 65.3 Å². The molecule has 2 heterocycles. The number of hydrogen-bond acceptors (Lipinski definition) is 6. The molecule has 2 aromatic heterocycles. The first-order valence-electron chi connectivity index (χ1n) is 9.84. The van der Waals surface area contributed by atoms with Gasteiger partial charge in [0.15, 0.2) is 0 Å². The molecule has 3 rings (SSSR count). The topological polar surface area (TPSA) is 87.6 Å². The Morgan fingerprint density at radius 1 is 1.27 bits per heavy atom. The minimum Gasteiger partial charge on any atom is -0.438 e. The van der Waals surface area contributed by atoms with E-state index in [0.29, 0.717) is 35.7 Å². The highest BCUT2D eigenvalue weighted by molar-refractivity contribution is 14.1. The Kier molecular flexibility index (Phi) is 8.38. The SMILES string of the molecule is CCN(CCO)c1ncc(C(=O)Nc2ccc(OC(F)(Cl)I)cc2)cc1-c1cncc(F)c1. The zero-order chi connectivity index (χ0) is 24.0. The quantitative estimate of drug-likeness (QED) is 0.271. The van der Waals surface area contributed by atoms with Crippen molar-refractivity contribution in [2.45, 2.75) is 10.2 Å². The van der Waals surface area contributed by atoms with E-state index in [1.54, 1.807) is 6.07 Å². The van der Waals surface area contributed by atoms with E-state index >= 15 is 0 Å². The molecule has 0 saturated carbocycles. The number of aromatic nitrogens is 2. The number of ether oxygens (including phenoxy) is 1. The number of carbonyl (C=O) groups is 1. The van der Waals surface area contributed by atoms with E-state index in [2.05, 4.69) is 15.3 Å². The number of carbonyl (C=O) groups excluding carboxylic acids is 1. The highest BCUT2D eigenvalue weighted by Gasteiger charge is 2.23. The molecule has 0 aliphatic heterocycles. The van der Waals surface area contributed by atoms with Crippen molar-refractivity contribution in [1.82, 2.24) is 9.97 Å². The highest BCUT2D eigenvalue weighted by Crippen LogP contribution is 2.32. The predicted molar refractivity (Wildman–Crippen MR) is 131 cm³/mol. The van der Waals surface area contributed by atoms with Crippen LogP contribution in [0.25, 0.3) is 11.1 Å². The van der Waals surface area contributed by atoms with Crippen LogP contribution in [0, 0.1) is 5.82 Å². The molecule has 1 amide bonds. The van der Waals surface area contributed by atoms with Gasteiger partial charge in [0, 0.05) is 64.9 Å². The van der Waals surface area contributed by atoms with Crippen molar-refractivity contribution in [1.29, 1.82) is 0 Å². The third-order valence-corrected chi connectivity index (χ3v) is 4.84. The van der Waals surface area contributed by atoms with Gasteiger partial charge in [-0.25, -0.2) is 9.37 Å². The highest BCUT2D eigenvalue weighted by atomic mass is 127. The fraction of sp³-hybridized carbons (Fsp3) is 0.227. The van der Waals surface area contributed by atoms with Crippen LogP contribution in [0.5, 0.6) is 5.75 Å². The summed E-state index contributed by atoms with van der Waals surface area (Å²) in [5, 5.41) is 12.1. The van der Waals surface area contributed by atoms with Crippen molar-refractivity contribution in [2.75, 3.05) is 29.9 Å². The van der Waals surface area contributed by atoms with Crippen LogP contribution >= 0.6 is 34.2 Å². The number of anilines is 2. The van der Waals surface area contributed by atoms with Crippen LogP contribution < -0.4 is 15.0 Å². The molecule has 1 unspecified atom stereocenters. The van der Waals surface area contributed by atoms with E-state index in [1.807, 2.05) is 11.8 Å². The number of nitrogens with one attached hydrogen (secondary N) is 1. The lowest BCUT2D eigenvalue weighted by Crippen LogP contribution is -2.28. The first-order valence-corrected chi connectivity index (χ1v) is 11.3. The zero-order valence-electron chi connectivity index (χ0n) is 17.4. The number of aliphatic hydroxyl groups excluding tert-OH is 1. The molecule has 174 valence electrons. The van der Waals surface area contributed by atoms with E-state index < -0.39 is 15.0 Å². The average molecular weight is 589 g/mol. The zero-order valence-corrected chi connectivity index (χ0v) is 20.3. The van der Waals surface area contributed by atoms with Gasteiger partial charge in [0.2, 0.25) is 0 Å². The van der Waals surface area contributed by atoms with Gasteiger partial charge in [0.25, 0.3) is 5.91 Å². The summed E-state index contributed by atoms with van der Waals surface area (Å²) in [5.41, 5.74) is 1.61. The van der Waals surface area contributed by atoms with E-state index in [9.17, 15) is 18.7 Å². The summed E-state index contributed by atoms with van der Waals surface area (Å²) >= 11 is 6.68. The van der Waals surface area contributed by atoms with Gasteiger partial charge in [0.1, 0.15) is 17.4 Å². The number of likely N-dealkylation sites (N-methyl/N-ethyl adjacent to an activating group) is 1. The van der Waals surface area contributed by atoms with Crippen molar-refractivity contribution in [3.05, 3.63) is 66.4 Å². The van der Waals surface area contributed by atoms with Crippen LogP contribution in [0.2, 0.25) is 0 Å². The Balaban J connectivity index is 1.90. The molecule has 11 heteroatoms. The molecular weight excluding hydrogens is 569 g/mol. The van der Waals surface area contributed by atoms with E-state index in [-0.39, 0.29) is 17.9 Å². The molecular formula is C22H20ClF2IN4O3. The van der Waals surface area contributed by atoms with E-state index in [4.69, 9.17) is 16.3 Å². The summed E-state index contributed by atoms with van der Waals surface area (Å²) in [6.45, 7) is 2.67. The molecule has 0 bridgehead atoms. The Labute approximate surface area is 207 Å². The molecule has 33 heavy (non-hydrogen) atoms. The Bertz CT molecular complexity index is 1110. The maximum atomic E-state index is 13.8. The van der Waals surface area contributed by atoms with Crippen LogP contribution in [0.3, 0.4) is 0 Å². The molecule has 0 aliphatic rings. The predicted octanol–water partition coefficient (Wildman–Crippen LogP) is 4.99. The lowest BCUT2D eigenvalue weighted by atomic mass is 10.1. The number of amides is 1. The summed E-state index contributed by atoms with van der Waals surface area (Å²) in [5.74, 6) is -0.298. The second kappa shape index (κ2) is 11.0. The number of alkyl halides is 3. The summed E-state index contributed by atoms with van der Waals surface area (Å²) in [6.07, 6.45) is 3.96. The number of pyridine rings is 2. The standard InChI is InChI=1S/C22H20ClF2IN4O3/c1-2-30(7-8-31)20-19(14-9-16(24)13-27-11-14)10-15(12-28-20)21(32)29-17-3-5-18(6-4-17)33-22(23,25)26/h3-6,9-13,31H,2,7-8H2,1H3,(H,29,32). The van der Waals surface area contributed by atoms with Crippen molar-refractivity contribution < 1.29 is 23.4 Å². The van der Waals surface area contributed by atoms with Gasteiger partial charge in [-0.3, -0.25) is 9.78 Å². The Morgan fingerprint density at radius 3 is 2.61 bits per heavy atom. The van der Waals surface area contributed by atoms with Crippen LogP contribution in [0.1, 0.15) is 17.3 Å². The maximum absolute atomic E-state index is 13.8. The molecule has 0 fully saturated rings. The largest absolute Gasteiger partial charge is 0.438 e. The monoisotopic (exact) mass is 588 g/mol. The van der Waals surface area contributed by atoms with Gasteiger partial charge in [-0.05, 0) is 54.9 Å². The first-order chi connectivity index (χ1) is 15.7. The molecule has 0 spiro atoms. The van der Waals surface area contributed by atoms with Crippen molar-refractivity contribution in [3.63, 3.8) is 0 Å². The summed E-state index contributed by atoms with van der Waals surface area (Å²) in [7, 11) is 0. The van der Waals surface area contributed by atoms with Crippen LogP contribution in [-0.4, -0.2) is 44.0 Å². The lowest BCUT2D eigenvalue weighted by molar-refractivity contribution is 0.102. The average Bonchev–Trinajstić information content (AvgIpc) is 2.77. The molecule has 0 radical (unpaired) electrons. The first kappa shape index (κ1) is 25.1. The molecule has 1 atom stereocenters. The van der Waals surface area contributed by atoms with Gasteiger partial charge in [0.05, 0.1) is 18.4 Å². The molecule has 3 aromatic rings. The fourth-order valence-electron chi connectivity index (χ4n) is 3.08. The van der Waals surface area contributed by atoms with Gasteiger partial charge in [-0.1, -0.05) is 0 Å². The summed E-state index contributed by atoms with van der Waals surface area (Å²) < 4.78 is 29.7. The molecule has 7 nitrogen and oxygen atoms in total. The number of benzene rings is 1. The maximum Gasteiger partial charge on any atom is 0.379 e. The third kappa shape index (κ3) is 6.95. The third-order valence-electron chi connectivity index (χ3n) is 4.54. The van der Waals surface area contributed by atoms with Gasteiger partial charge >= 0.3 is 3.32 Å². The Hall–Kier alpha value is -2.57. The number of halogens is 4. The molecule has 1 aromatic carbocycles. The van der Waals surface area contributed by atoms with E-state index in [0.717, 1.165) is 6.20 Å². The van der Waals surface area contributed by atoms with Crippen LogP contribution in [0.15, 0.2) is 55.0 Å². The fourth-order valence-corrected chi connectivity index (χ4v) is 3.43. The normalized spacial score (nSPS) is 12.7. The number of aliphatic hydroxyl groups is 1. The van der Waals surface area contributed by atoms with Crippen molar-refractivity contribution >= 4 is 51.6 Å². The van der Waals surface area contributed by atoms with Crippen molar-refractivity contribution in [2.24, 2.45) is 0 Å². The minimum atomic E-state index is -2.37. The second-order valence-corrected chi connectivity index (χ2v) is 9.33. The number of hydrogen-bond donors (Lipinski definition) is 2. The summed E-state index contributed by atoms with van der Waals surface area (Å²) in [4.78, 5) is 23.0. The van der Waals surface area contributed by atoms with Crippen LogP contribution in [0.4, 0.5) is 20.3 Å². The Morgan fingerprint density at radius 2 is 2.00 bits per heavy atom. The molecule has 0 saturated heterocycles. The smallest absolute Gasteiger partial charge is 0.379 e. The van der Waals surface area contributed by atoms with Crippen molar-refractivity contribution in [3.8, 4) is 16.9 Å². The summed E-state index contributed by atoms with van der Waals surface area (Å²) in [6, 6.07) is 8.88.